The summed E-state index contributed by atoms with van der Waals surface area (Å²) in [6.45, 7) is 3.77. The Balaban J connectivity index is 1.21. The van der Waals surface area contributed by atoms with Crippen LogP contribution in [0.4, 0.5) is 0 Å². The van der Waals surface area contributed by atoms with E-state index >= 15 is 0 Å². The van der Waals surface area contributed by atoms with Gasteiger partial charge in [-0.3, -0.25) is 4.79 Å². The number of aliphatic carboxylic acids is 1. The number of hydrazone groups is 1. The van der Waals surface area contributed by atoms with E-state index in [-0.39, 0.29) is 12.4 Å². The fourth-order valence-electron chi connectivity index (χ4n) is 4.38. The zero-order valence-electron chi connectivity index (χ0n) is 22.0. The second-order valence-corrected chi connectivity index (χ2v) is 9.08. The molecule has 2 N–H and O–H groups in total. The lowest BCUT2D eigenvalue weighted by Crippen LogP contribution is -2.17. The van der Waals surface area contributed by atoms with Crippen LogP contribution in [0.25, 0.3) is 16.5 Å². The van der Waals surface area contributed by atoms with E-state index in [1.165, 1.54) is 6.21 Å². The third-order valence-electron chi connectivity index (χ3n) is 6.27. The highest BCUT2D eigenvalue weighted by molar-refractivity contribution is 6.03. The quantitative estimate of drug-likeness (QED) is 0.176. The fraction of sp³-hybridized carbons (Fsp3) is 0.129. The molecule has 0 atom stereocenters. The van der Waals surface area contributed by atoms with Gasteiger partial charge >= 0.3 is 11.9 Å². The van der Waals surface area contributed by atoms with Gasteiger partial charge in [0.2, 0.25) is 0 Å². The van der Waals surface area contributed by atoms with Gasteiger partial charge in [0.25, 0.3) is 0 Å². The summed E-state index contributed by atoms with van der Waals surface area (Å²) in [4.78, 5) is 23.6. The molecule has 0 fully saturated rings. The molecule has 0 spiro atoms. The summed E-state index contributed by atoms with van der Waals surface area (Å²) >= 11 is 0. The fourth-order valence-corrected chi connectivity index (χ4v) is 4.38. The Labute approximate surface area is 230 Å². The van der Waals surface area contributed by atoms with E-state index < -0.39 is 18.5 Å². The maximum absolute atomic E-state index is 12.6. The molecular formula is C31H27N3O6. The van der Waals surface area contributed by atoms with E-state index in [0.29, 0.717) is 22.8 Å². The van der Waals surface area contributed by atoms with Crippen molar-refractivity contribution < 1.29 is 28.6 Å². The van der Waals surface area contributed by atoms with Crippen molar-refractivity contribution in [3.8, 4) is 17.2 Å². The van der Waals surface area contributed by atoms with Crippen molar-refractivity contribution in [2.75, 3.05) is 6.61 Å². The molecule has 2 aromatic heterocycles. The molecule has 2 heterocycles. The molecule has 5 aromatic rings. The molecule has 0 bridgehead atoms. The minimum atomic E-state index is -1.10. The average molecular weight is 538 g/mol. The predicted octanol–water partition coefficient (Wildman–Crippen LogP) is 5.65. The number of furan rings is 1. The van der Waals surface area contributed by atoms with Crippen LogP contribution in [0.1, 0.15) is 33.3 Å². The van der Waals surface area contributed by atoms with Gasteiger partial charge in [-0.15, -0.1) is 0 Å². The molecule has 0 saturated heterocycles. The molecule has 0 saturated carbocycles. The first-order valence-corrected chi connectivity index (χ1v) is 12.6. The summed E-state index contributed by atoms with van der Waals surface area (Å²) in [5.74, 6) is -0.0744. The standard InChI is InChI=1S/C31H27N3O6/c1-20-7-8-21(2)34(20)23-10-12-24(13-11-23)38-18-25-14-16-29(40-25)31(37)33-32-17-27-26-6-4-3-5-22(26)9-15-28(27)39-19-30(35)36/h3-17H,18-19H2,1-2H3,(H,33,37)(H,35,36)/b32-17+. The number of carbonyl (C=O) groups is 2. The molecule has 9 heteroatoms. The molecule has 0 radical (unpaired) electrons. The molecular weight excluding hydrogens is 510 g/mol. The number of carbonyl (C=O) groups excluding carboxylic acids is 1. The first-order valence-electron chi connectivity index (χ1n) is 12.6. The minimum absolute atomic E-state index is 0.0740. The SMILES string of the molecule is Cc1ccc(C)n1-c1ccc(OCc2ccc(C(=O)N/N=C/c3c(OCC(=O)O)ccc4ccccc34)o2)cc1. The van der Waals surface area contributed by atoms with Crippen molar-refractivity contribution in [3.63, 3.8) is 0 Å². The normalized spacial score (nSPS) is 11.2. The van der Waals surface area contributed by atoms with E-state index in [0.717, 1.165) is 27.8 Å². The summed E-state index contributed by atoms with van der Waals surface area (Å²) < 4.78 is 19.0. The molecule has 3 aromatic carbocycles. The van der Waals surface area contributed by atoms with Crippen LogP contribution in [0.5, 0.6) is 11.5 Å². The Morgan fingerprint density at radius 2 is 1.68 bits per heavy atom. The van der Waals surface area contributed by atoms with Gasteiger partial charge in [-0.2, -0.15) is 5.10 Å². The van der Waals surface area contributed by atoms with Gasteiger partial charge in [0.05, 0.1) is 6.21 Å². The number of amides is 1. The predicted molar refractivity (Wildman–Crippen MR) is 150 cm³/mol. The molecule has 0 aliphatic heterocycles. The Hall–Kier alpha value is -5.31. The number of rotatable bonds is 10. The third kappa shape index (κ3) is 5.88. The smallest absolute Gasteiger partial charge is 0.341 e. The summed E-state index contributed by atoms with van der Waals surface area (Å²) in [5.41, 5.74) is 6.34. The van der Waals surface area contributed by atoms with Crippen LogP contribution in [0.2, 0.25) is 0 Å². The number of carboxylic acids is 1. The molecule has 1 amide bonds. The van der Waals surface area contributed by atoms with E-state index in [4.69, 9.17) is 19.0 Å². The molecule has 9 nitrogen and oxygen atoms in total. The zero-order valence-corrected chi connectivity index (χ0v) is 22.0. The zero-order chi connectivity index (χ0) is 28.1. The van der Waals surface area contributed by atoms with Crippen molar-refractivity contribution in [2.24, 2.45) is 5.10 Å². The summed E-state index contributed by atoms with van der Waals surface area (Å²) in [6.07, 6.45) is 1.42. The van der Waals surface area contributed by atoms with E-state index in [1.807, 2.05) is 54.6 Å². The molecule has 0 unspecified atom stereocenters. The number of nitrogens with one attached hydrogen (secondary N) is 1. The summed E-state index contributed by atoms with van der Waals surface area (Å²) in [5, 5.41) is 14.8. The van der Waals surface area contributed by atoms with Gasteiger partial charge < -0.3 is 23.6 Å². The molecule has 40 heavy (non-hydrogen) atoms. The highest BCUT2D eigenvalue weighted by Gasteiger charge is 2.13. The van der Waals surface area contributed by atoms with Crippen LogP contribution in [0.15, 0.2) is 94.4 Å². The maximum Gasteiger partial charge on any atom is 0.341 e. The van der Waals surface area contributed by atoms with Crippen molar-refractivity contribution in [3.05, 3.63) is 113 Å². The second-order valence-electron chi connectivity index (χ2n) is 9.08. The second kappa shape index (κ2) is 11.6. The molecule has 0 aliphatic rings. The van der Waals surface area contributed by atoms with Gasteiger partial charge in [-0.25, -0.2) is 10.2 Å². The van der Waals surface area contributed by atoms with Crippen LogP contribution in [-0.2, 0) is 11.4 Å². The van der Waals surface area contributed by atoms with Gasteiger partial charge in [-0.05, 0) is 79.2 Å². The number of fused-ring (bicyclic) bond motifs is 1. The first-order chi connectivity index (χ1) is 19.4. The highest BCUT2D eigenvalue weighted by Crippen LogP contribution is 2.27. The van der Waals surface area contributed by atoms with Gasteiger partial charge in [0.15, 0.2) is 12.4 Å². The monoisotopic (exact) mass is 537 g/mol. The van der Waals surface area contributed by atoms with Crippen LogP contribution >= 0.6 is 0 Å². The summed E-state index contributed by atoms with van der Waals surface area (Å²) in [7, 11) is 0. The van der Waals surface area contributed by atoms with Crippen molar-refractivity contribution in [2.45, 2.75) is 20.5 Å². The Bertz CT molecular complexity index is 1680. The molecule has 5 rings (SSSR count). The largest absolute Gasteiger partial charge is 0.486 e. The number of benzene rings is 3. The van der Waals surface area contributed by atoms with Crippen LogP contribution in [-0.4, -0.2) is 34.4 Å². The van der Waals surface area contributed by atoms with Crippen molar-refractivity contribution >= 4 is 28.9 Å². The Morgan fingerprint density at radius 1 is 0.925 bits per heavy atom. The topological polar surface area (TPSA) is 115 Å². The number of aromatic nitrogens is 1. The van der Waals surface area contributed by atoms with Crippen LogP contribution in [0, 0.1) is 13.8 Å². The summed E-state index contributed by atoms with van der Waals surface area (Å²) in [6, 6.07) is 26.1. The van der Waals surface area contributed by atoms with Crippen LogP contribution < -0.4 is 14.9 Å². The number of ether oxygens (including phenoxy) is 2. The lowest BCUT2D eigenvalue weighted by atomic mass is 10.0. The van der Waals surface area contributed by atoms with Gasteiger partial charge in [0, 0.05) is 22.6 Å². The highest BCUT2D eigenvalue weighted by atomic mass is 16.5. The maximum atomic E-state index is 12.6. The lowest BCUT2D eigenvalue weighted by Gasteiger charge is -2.10. The number of aryl methyl sites for hydroxylation is 2. The van der Waals surface area contributed by atoms with Crippen molar-refractivity contribution in [1.29, 1.82) is 0 Å². The van der Waals surface area contributed by atoms with E-state index in [2.05, 4.69) is 41.1 Å². The van der Waals surface area contributed by atoms with E-state index in [9.17, 15) is 9.59 Å². The molecule has 202 valence electrons. The number of hydrogen-bond acceptors (Lipinski definition) is 6. The van der Waals surface area contributed by atoms with Gasteiger partial charge in [0.1, 0.15) is 23.9 Å². The van der Waals surface area contributed by atoms with Crippen LogP contribution in [0.3, 0.4) is 0 Å². The molecule has 0 aliphatic carbocycles. The number of carboxylic acid groups (broad SMARTS) is 1. The Kier molecular flexibility index (Phi) is 7.63. The average Bonchev–Trinajstić information content (AvgIpc) is 3.57. The third-order valence-corrected chi connectivity index (χ3v) is 6.27. The first kappa shape index (κ1) is 26.3. The minimum Gasteiger partial charge on any atom is -0.486 e. The van der Waals surface area contributed by atoms with Gasteiger partial charge in [-0.1, -0.05) is 30.3 Å². The van der Waals surface area contributed by atoms with E-state index in [1.54, 1.807) is 18.2 Å². The number of nitrogens with zero attached hydrogens (tertiary/aromatic N) is 2. The lowest BCUT2D eigenvalue weighted by molar-refractivity contribution is -0.139. The van der Waals surface area contributed by atoms with Crippen molar-refractivity contribution in [1.82, 2.24) is 9.99 Å². The number of hydrogen-bond donors (Lipinski definition) is 2. The Morgan fingerprint density at radius 3 is 2.42 bits per heavy atom.